The second kappa shape index (κ2) is 13.9. The lowest BCUT2D eigenvalue weighted by Crippen LogP contribution is -2.25. The minimum absolute atomic E-state index is 0.0451. The van der Waals surface area contributed by atoms with E-state index in [-0.39, 0.29) is 47.8 Å². The molecule has 0 aliphatic heterocycles. The highest BCUT2D eigenvalue weighted by Gasteiger charge is 2.29. The van der Waals surface area contributed by atoms with Gasteiger partial charge in [-0.3, -0.25) is 14.8 Å². The molecule has 12 nitrogen and oxygen atoms in total. The minimum atomic E-state index is -0.842. The monoisotopic (exact) mass is 653 g/mol. The van der Waals surface area contributed by atoms with E-state index in [1.807, 2.05) is 31.2 Å². The number of fused-ring (bicyclic) bond motifs is 1. The maximum Gasteiger partial charge on any atom is 0.329 e. The molecule has 3 aromatic carbocycles. The molecule has 0 spiro atoms. The van der Waals surface area contributed by atoms with Crippen molar-refractivity contribution in [1.29, 1.82) is 5.41 Å². The number of nitrogens with one attached hydrogen (secondary N) is 1. The van der Waals surface area contributed by atoms with Crippen LogP contribution in [0.25, 0.3) is 11.2 Å². The van der Waals surface area contributed by atoms with Gasteiger partial charge in [-0.2, -0.15) is 9.97 Å². The third-order valence-electron chi connectivity index (χ3n) is 7.30. The fourth-order valence-electron chi connectivity index (χ4n) is 4.94. The number of thiol groups is 1. The molecule has 0 fully saturated rings. The second-order valence-corrected chi connectivity index (χ2v) is 11.5. The number of imidazole rings is 1. The predicted molar refractivity (Wildman–Crippen MR) is 180 cm³/mol. The summed E-state index contributed by atoms with van der Waals surface area (Å²) < 4.78 is 19.6. The van der Waals surface area contributed by atoms with Crippen LogP contribution in [0.5, 0.6) is 23.4 Å². The summed E-state index contributed by atoms with van der Waals surface area (Å²) in [6.45, 7) is 5.52. The number of nitrogen functional groups attached to an aromatic ring is 1. The molecule has 2 heterocycles. The van der Waals surface area contributed by atoms with Crippen molar-refractivity contribution >= 4 is 41.5 Å². The van der Waals surface area contributed by atoms with Crippen molar-refractivity contribution in [1.82, 2.24) is 24.4 Å². The summed E-state index contributed by atoms with van der Waals surface area (Å²) >= 11 is 4.39. The first-order valence-electron chi connectivity index (χ1n) is 14.8. The van der Waals surface area contributed by atoms with Gasteiger partial charge in [-0.1, -0.05) is 30.3 Å². The van der Waals surface area contributed by atoms with E-state index in [1.54, 1.807) is 75.0 Å². The molecule has 13 heteroatoms. The molecule has 47 heavy (non-hydrogen) atoms. The molecule has 0 saturated heterocycles. The fraction of sp³-hybridized carbons (Fsp3) is 0.235. The molecule has 0 aliphatic carbocycles. The third kappa shape index (κ3) is 7.36. The van der Waals surface area contributed by atoms with Crippen LogP contribution in [0.15, 0.2) is 71.6 Å². The van der Waals surface area contributed by atoms with Crippen molar-refractivity contribution in [2.45, 2.75) is 38.1 Å². The molecule has 0 radical (unpaired) electrons. The summed E-state index contributed by atoms with van der Waals surface area (Å²) in [6.07, 6.45) is 0.282. The van der Waals surface area contributed by atoms with Crippen molar-refractivity contribution < 1.29 is 23.8 Å². The first-order valence-corrected chi connectivity index (χ1v) is 15.2. The Labute approximate surface area is 277 Å². The fourth-order valence-corrected chi connectivity index (χ4v) is 5.09. The Kier molecular flexibility index (Phi) is 9.75. The number of amides is 1. The zero-order chi connectivity index (χ0) is 33.8. The van der Waals surface area contributed by atoms with Crippen LogP contribution < -0.4 is 15.2 Å². The number of esters is 1. The Morgan fingerprint density at radius 2 is 1.72 bits per heavy atom. The Bertz CT molecular complexity index is 1970. The van der Waals surface area contributed by atoms with Gasteiger partial charge in [0.1, 0.15) is 29.2 Å². The third-order valence-corrected chi connectivity index (χ3v) is 7.60. The van der Waals surface area contributed by atoms with Gasteiger partial charge in [-0.25, -0.2) is 9.78 Å². The van der Waals surface area contributed by atoms with E-state index >= 15 is 0 Å². The van der Waals surface area contributed by atoms with Crippen LogP contribution in [0.4, 0.5) is 0 Å². The lowest BCUT2D eigenvalue weighted by Gasteiger charge is -2.19. The Morgan fingerprint density at radius 3 is 2.40 bits per heavy atom. The van der Waals surface area contributed by atoms with Crippen molar-refractivity contribution in [2.24, 2.45) is 5.73 Å². The maximum absolute atomic E-state index is 13.5. The molecule has 5 rings (SSSR count). The van der Waals surface area contributed by atoms with Crippen LogP contribution in [0.1, 0.15) is 45.8 Å². The van der Waals surface area contributed by atoms with Crippen LogP contribution in [0, 0.1) is 19.3 Å². The van der Waals surface area contributed by atoms with Gasteiger partial charge in [0.25, 0.3) is 11.8 Å². The lowest BCUT2D eigenvalue weighted by molar-refractivity contribution is -0.147. The Balaban J connectivity index is 1.68. The van der Waals surface area contributed by atoms with Gasteiger partial charge >= 0.3 is 12.0 Å². The van der Waals surface area contributed by atoms with E-state index in [0.29, 0.717) is 28.5 Å². The van der Waals surface area contributed by atoms with Gasteiger partial charge < -0.3 is 24.8 Å². The summed E-state index contributed by atoms with van der Waals surface area (Å²) in [7, 11) is 3.33. The average molecular weight is 654 g/mol. The molecule has 0 aliphatic rings. The quantitative estimate of drug-likeness (QED) is 0.0709. The van der Waals surface area contributed by atoms with Crippen LogP contribution >= 0.6 is 12.6 Å². The van der Waals surface area contributed by atoms with Crippen LogP contribution in [-0.4, -0.2) is 62.8 Å². The zero-order valence-corrected chi connectivity index (χ0v) is 27.5. The number of hydrogen-bond acceptors (Lipinski definition) is 10. The number of amidine groups is 1. The van der Waals surface area contributed by atoms with Gasteiger partial charge in [-0.05, 0) is 68.3 Å². The predicted octanol–water partition coefficient (Wildman–Crippen LogP) is 5.65. The maximum atomic E-state index is 13.5. The van der Waals surface area contributed by atoms with E-state index in [4.69, 9.17) is 35.3 Å². The molecule has 1 atom stereocenters. The molecular formula is C34H35N7O5S. The smallest absolute Gasteiger partial charge is 0.329 e. The molecule has 2 aromatic heterocycles. The summed E-state index contributed by atoms with van der Waals surface area (Å²) in [5.74, 6) is 0.428. The van der Waals surface area contributed by atoms with Gasteiger partial charge in [0.15, 0.2) is 11.2 Å². The molecule has 0 bridgehead atoms. The number of hydrogen-bond donors (Lipinski definition) is 3. The number of aromatic nitrogens is 4. The Morgan fingerprint density at radius 1 is 0.979 bits per heavy atom. The van der Waals surface area contributed by atoms with E-state index in [9.17, 15) is 9.59 Å². The van der Waals surface area contributed by atoms with Crippen molar-refractivity contribution in [3.8, 4) is 23.4 Å². The van der Waals surface area contributed by atoms with Gasteiger partial charge in [0.2, 0.25) is 0 Å². The highest BCUT2D eigenvalue weighted by molar-refractivity contribution is 7.80. The van der Waals surface area contributed by atoms with Crippen molar-refractivity contribution in [3.63, 3.8) is 0 Å². The van der Waals surface area contributed by atoms with E-state index < -0.39 is 12.0 Å². The van der Waals surface area contributed by atoms with Gasteiger partial charge in [0, 0.05) is 36.5 Å². The normalized spacial score (nSPS) is 11.6. The molecule has 3 N–H and O–H groups in total. The zero-order valence-electron chi connectivity index (χ0n) is 26.6. The molecule has 1 amide bonds. The van der Waals surface area contributed by atoms with E-state index in [1.165, 1.54) is 4.90 Å². The van der Waals surface area contributed by atoms with Crippen molar-refractivity contribution in [3.05, 3.63) is 94.8 Å². The Hall–Kier alpha value is -5.43. The minimum Gasteiger partial charge on any atom is -0.464 e. The summed E-state index contributed by atoms with van der Waals surface area (Å²) in [4.78, 5) is 42.5. The van der Waals surface area contributed by atoms with Gasteiger partial charge in [0.05, 0.1) is 6.61 Å². The number of aryl methyl sites for hydroxylation is 2. The summed E-state index contributed by atoms with van der Waals surface area (Å²) in [6, 6.07) is 18.4. The number of nitrogens with zero attached hydrogens (tertiary/aromatic N) is 5. The first-order chi connectivity index (χ1) is 22.4. The second-order valence-electron chi connectivity index (χ2n) is 11.0. The molecule has 5 aromatic rings. The number of carbonyl (C=O) groups is 2. The van der Waals surface area contributed by atoms with Crippen LogP contribution in [-0.2, 0) is 16.0 Å². The van der Waals surface area contributed by atoms with E-state index in [0.717, 1.165) is 16.0 Å². The average Bonchev–Trinajstić information content (AvgIpc) is 3.37. The highest BCUT2D eigenvalue weighted by atomic mass is 32.1. The van der Waals surface area contributed by atoms with E-state index in [2.05, 4.69) is 17.6 Å². The topological polar surface area (TPSA) is 159 Å². The number of carbonyl (C=O) groups excluding carboxylic acids is 2. The molecule has 0 saturated carbocycles. The number of nitrogens with two attached hydrogens (primary N) is 1. The summed E-state index contributed by atoms with van der Waals surface area (Å²) in [5, 5.41) is 7.86. The lowest BCUT2D eigenvalue weighted by atomic mass is 10.1. The van der Waals surface area contributed by atoms with Gasteiger partial charge in [-0.15, -0.1) is 12.6 Å². The number of ether oxygens (including phenoxy) is 3. The number of rotatable bonds is 11. The summed E-state index contributed by atoms with van der Waals surface area (Å²) in [5.41, 5.74) is 8.78. The van der Waals surface area contributed by atoms with Crippen LogP contribution in [0.2, 0.25) is 0 Å². The van der Waals surface area contributed by atoms with Crippen molar-refractivity contribution in [2.75, 3.05) is 20.7 Å². The standard InChI is InChI=1S/C34H35N7O5S/c1-6-44-33(43)26(16-21-11-14-25(47)15-12-21)41-20(3)37-28-30(41)38-34(46-27-18-22(29(35)36)13-10-19(27)2)39-31(28)45-24-9-7-8-23(17-24)32(42)40(4)5/h7-15,17-18,26,47H,6,16H2,1-5H3,(H3,35,36). The highest BCUT2D eigenvalue weighted by Crippen LogP contribution is 2.34. The molecular weight excluding hydrogens is 618 g/mol. The molecule has 242 valence electrons. The molecule has 1 unspecified atom stereocenters. The first kappa shape index (κ1) is 32.9. The van der Waals surface area contributed by atoms with Crippen LogP contribution in [0.3, 0.4) is 0 Å². The number of benzene rings is 3. The largest absolute Gasteiger partial charge is 0.464 e. The SMILES string of the molecule is CCOC(=O)C(Cc1ccc(S)cc1)n1c(C)nc2c(Oc3cccc(C(=O)N(C)C)c3)nc(Oc3cc(C(=N)N)ccc3C)nc21.